The van der Waals surface area contributed by atoms with Crippen molar-refractivity contribution in [2.75, 3.05) is 18.0 Å². The highest BCUT2D eigenvalue weighted by molar-refractivity contribution is 7.15. The summed E-state index contributed by atoms with van der Waals surface area (Å²) in [4.78, 5) is 2.15. The molecule has 1 atom stereocenters. The lowest BCUT2D eigenvalue weighted by Crippen LogP contribution is -2.35. The molecule has 144 valence electrons. The quantitative estimate of drug-likeness (QED) is 0.669. The number of anilines is 1. The molecular weight excluding hydrogens is 377 g/mol. The van der Waals surface area contributed by atoms with Crippen LogP contribution in [-0.4, -0.2) is 37.9 Å². The van der Waals surface area contributed by atoms with E-state index in [0.717, 1.165) is 54.6 Å². The topological polar surface area (TPSA) is 59.2 Å². The van der Waals surface area contributed by atoms with Crippen molar-refractivity contribution in [2.45, 2.75) is 44.7 Å². The van der Waals surface area contributed by atoms with E-state index in [4.69, 9.17) is 0 Å². The Kier molecular flexibility index (Phi) is 4.75. The van der Waals surface area contributed by atoms with Crippen molar-refractivity contribution in [2.24, 2.45) is 0 Å². The lowest BCUT2D eigenvalue weighted by molar-refractivity contribution is -0.137. The standard InChI is InChI=1S/C17H19F3N6S/c1-2-4-14-22-24-16(27-14)25-8-3-5-11(9-25)15-23-21-13-7-6-12(10-26(13)15)17(18,19)20/h6-7,10-11H,2-5,8-9H2,1H3. The second kappa shape index (κ2) is 7.06. The first-order valence-electron chi connectivity index (χ1n) is 8.95. The van der Waals surface area contributed by atoms with Crippen LogP contribution >= 0.6 is 11.3 Å². The van der Waals surface area contributed by atoms with Gasteiger partial charge < -0.3 is 4.90 Å². The molecule has 6 nitrogen and oxygen atoms in total. The normalized spacial score (nSPS) is 18.4. The molecule has 4 heterocycles. The van der Waals surface area contributed by atoms with Crippen LogP contribution < -0.4 is 4.90 Å². The summed E-state index contributed by atoms with van der Waals surface area (Å²) < 4.78 is 40.7. The Bertz CT molecular complexity index is 934. The third kappa shape index (κ3) is 3.62. The zero-order chi connectivity index (χ0) is 19.0. The molecule has 3 aromatic heterocycles. The predicted molar refractivity (Wildman–Crippen MR) is 96.1 cm³/mol. The van der Waals surface area contributed by atoms with Crippen molar-refractivity contribution in [1.82, 2.24) is 24.8 Å². The molecule has 0 aromatic carbocycles. The van der Waals surface area contributed by atoms with Gasteiger partial charge in [0.2, 0.25) is 5.13 Å². The van der Waals surface area contributed by atoms with E-state index in [1.54, 1.807) is 11.3 Å². The van der Waals surface area contributed by atoms with Crippen LogP contribution in [0.5, 0.6) is 0 Å². The van der Waals surface area contributed by atoms with Crippen LogP contribution in [0.15, 0.2) is 18.3 Å². The van der Waals surface area contributed by atoms with Crippen LogP contribution in [0.4, 0.5) is 18.3 Å². The summed E-state index contributed by atoms with van der Waals surface area (Å²) in [6, 6.07) is 2.40. The van der Waals surface area contributed by atoms with Crippen molar-refractivity contribution in [3.8, 4) is 0 Å². The molecule has 4 rings (SSSR count). The van der Waals surface area contributed by atoms with Gasteiger partial charge in [-0.25, -0.2) is 0 Å². The van der Waals surface area contributed by atoms with E-state index in [1.165, 1.54) is 10.5 Å². The Balaban J connectivity index is 1.60. The molecule has 0 spiro atoms. The van der Waals surface area contributed by atoms with Gasteiger partial charge in [-0.3, -0.25) is 4.40 Å². The average molecular weight is 396 g/mol. The molecule has 1 saturated heterocycles. The van der Waals surface area contributed by atoms with E-state index in [2.05, 4.69) is 32.2 Å². The smallest absolute Gasteiger partial charge is 0.346 e. The molecule has 1 unspecified atom stereocenters. The number of hydrogen-bond acceptors (Lipinski definition) is 6. The summed E-state index contributed by atoms with van der Waals surface area (Å²) in [5, 5.41) is 18.6. The van der Waals surface area contributed by atoms with Gasteiger partial charge in [-0.1, -0.05) is 18.3 Å². The highest BCUT2D eigenvalue weighted by Gasteiger charge is 2.32. The number of piperidine rings is 1. The van der Waals surface area contributed by atoms with Gasteiger partial charge in [-0.2, -0.15) is 13.2 Å². The molecule has 0 aliphatic carbocycles. The molecule has 27 heavy (non-hydrogen) atoms. The maximum absolute atomic E-state index is 13.1. The summed E-state index contributed by atoms with van der Waals surface area (Å²) in [6.07, 6.45) is 0.397. The van der Waals surface area contributed by atoms with Crippen LogP contribution in [0.3, 0.4) is 0 Å². The van der Waals surface area contributed by atoms with Crippen LogP contribution in [0, 0.1) is 0 Å². The van der Waals surface area contributed by atoms with E-state index < -0.39 is 11.7 Å². The van der Waals surface area contributed by atoms with E-state index >= 15 is 0 Å². The zero-order valence-corrected chi connectivity index (χ0v) is 15.6. The number of aromatic nitrogens is 5. The second-order valence-electron chi connectivity index (χ2n) is 6.72. The van der Waals surface area contributed by atoms with Crippen molar-refractivity contribution in [3.63, 3.8) is 0 Å². The minimum absolute atomic E-state index is 0.00393. The molecule has 0 bridgehead atoms. The highest BCUT2D eigenvalue weighted by atomic mass is 32.1. The average Bonchev–Trinajstić information content (AvgIpc) is 3.28. The van der Waals surface area contributed by atoms with Gasteiger partial charge in [0, 0.05) is 31.6 Å². The largest absolute Gasteiger partial charge is 0.417 e. The Morgan fingerprint density at radius 3 is 2.81 bits per heavy atom. The highest BCUT2D eigenvalue weighted by Crippen LogP contribution is 2.33. The SMILES string of the molecule is CCCc1nnc(N2CCCC(c3nnc4ccc(C(F)(F)F)cn34)C2)s1. The third-order valence-electron chi connectivity index (χ3n) is 4.73. The van der Waals surface area contributed by atoms with Crippen LogP contribution in [0.25, 0.3) is 5.65 Å². The van der Waals surface area contributed by atoms with Gasteiger partial charge in [-0.15, -0.1) is 20.4 Å². The number of pyridine rings is 1. The number of aryl methyl sites for hydroxylation is 1. The first kappa shape index (κ1) is 18.1. The fraction of sp³-hybridized carbons (Fsp3) is 0.529. The summed E-state index contributed by atoms with van der Waals surface area (Å²) in [5.74, 6) is 0.565. The molecular formula is C17H19F3N6S. The van der Waals surface area contributed by atoms with E-state index in [0.29, 0.717) is 18.0 Å². The monoisotopic (exact) mass is 396 g/mol. The predicted octanol–water partition coefficient (Wildman–Crippen LogP) is 3.94. The third-order valence-corrected chi connectivity index (χ3v) is 5.78. The summed E-state index contributed by atoms with van der Waals surface area (Å²) >= 11 is 1.58. The molecule has 1 fully saturated rings. The van der Waals surface area contributed by atoms with Gasteiger partial charge in [0.25, 0.3) is 0 Å². The summed E-state index contributed by atoms with van der Waals surface area (Å²) in [6.45, 7) is 3.61. The van der Waals surface area contributed by atoms with Crippen LogP contribution in [-0.2, 0) is 12.6 Å². The van der Waals surface area contributed by atoms with Gasteiger partial charge in [0.1, 0.15) is 10.8 Å². The van der Waals surface area contributed by atoms with Crippen LogP contribution in [0.2, 0.25) is 0 Å². The first-order chi connectivity index (χ1) is 13.0. The fourth-order valence-electron chi connectivity index (χ4n) is 3.40. The zero-order valence-electron chi connectivity index (χ0n) is 14.8. The minimum atomic E-state index is -4.39. The number of fused-ring (bicyclic) bond motifs is 1. The molecule has 3 aromatic rings. The molecule has 0 amide bonds. The Labute approximate surface area is 158 Å². The van der Waals surface area contributed by atoms with Crippen molar-refractivity contribution < 1.29 is 13.2 Å². The molecule has 10 heteroatoms. The van der Waals surface area contributed by atoms with E-state index in [1.807, 2.05) is 0 Å². The van der Waals surface area contributed by atoms with E-state index in [9.17, 15) is 13.2 Å². The van der Waals surface area contributed by atoms with E-state index in [-0.39, 0.29) is 5.92 Å². The lowest BCUT2D eigenvalue weighted by atomic mass is 9.97. The summed E-state index contributed by atoms with van der Waals surface area (Å²) in [5.41, 5.74) is -0.270. The van der Waals surface area contributed by atoms with Crippen molar-refractivity contribution in [1.29, 1.82) is 0 Å². The van der Waals surface area contributed by atoms with Gasteiger partial charge >= 0.3 is 6.18 Å². The summed E-state index contributed by atoms with van der Waals surface area (Å²) in [7, 11) is 0. The number of hydrogen-bond donors (Lipinski definition) is 0. The first-order valence-corrected chi connectivity index (χ1v) is 9.76. The number of halogens is 3. The Morgan fingerprint density at radius 1 is 1.19 bits per heavy atom. The van der Waals surface area contributed by atoms with Crippen molar-refractivity contribution in [3.05, 3.63) is 34.7 Å². The molecule has 0 saturated carbocycles. The number of rotatable bonds is 4. The maximum atomic E-state index is 13.1. The minimum Gasteiger partial charge on any atom is -0.346 e. The van der Waals surface area contributed by atoms with Gasteiger partial charge in [0.15, 0.2) is 5.65 Å². The number of nitrogens with zero attached hydrogens (tertiary/aromatic N) is 6. The van der Waals surface area contributed by atoms with Crippen molar-refractivity contribution >= 4 is 22.1 Å². The number of alkyl halides is 3. The van der Waals surface area contributed by atoms with Crippen LogP contribution in [0.1, 0.15) is 48.5 Å². The molecule has 1 aliphatic rings. The maximum Gasteiger partial charge on any atom is 0.417 e. The molecule has 1 aliphatic heterocycles. The Hall–Kier alpha value is -2.23. The molecule has 0 N–H and O–H groups in total. The second-order valence-corrected chi connectivity index (χ2v) is 7.76. The van der Waals surface area contributed by atoms with Gasteiger partial charge in [0.05, 0.1) is 5.56 Å². The fourth-order valence-corrected chi connectivity index (χ4v) is 4.38. The lowest BCUT2D eigenvalue weighted by Gasteiger charge is -2.31. The Morgan fingerprint density at radius 2 is 2.04 bits per heavy atom. The molecule has 0 radical (unpaired) electrons. The van der Waals surface area contributed by atoms with Gasteiger partial charge in [-0.05, 0) is 31.4 Å².